The summed E-state index contributed by atoms with van der Waals surface area (Å²) >= 11 is 0. The lowest BCUT2D eigenvalue weighted by molar-refractivity contribution is 0.0983. The molecule has 0 unspecified atom stereocenters. The molecule has 0 aliphatic rings. The smallest absolute Gasteiger partial charge is 0.312 e. The molecule has 0 saturated heterocycles. The molecule has 104 valence electrons. The Kier molecular flexibility index (Phi) is 6.16. The first kappa shape index (κ1) is 15.8. The molecular formula is C14H19O4P. The summed E-state index contributed by atoms with van der Waals surface area (Å²) in [6.45, 7) is 3.60. The van der Waals surface area contributed by atoms with Gasteiger partial charge in [-0.3, -0.25) is 9.36 Å². The molecule has 0 spiro atoms. The minimum absolute atomic E-state index is 0.00857. The largest absolute Gasteiger partial charge is 0.334 e. The van der Waals surface area contributed by atoms with Gasteiger partial charge < -0.3 is 9.05 Å². The van der Waals surface area contributed by atoms with Crippen LogP contribution in [0.4, 0.5) is 0 Å². The average molecular weight is 282 g/mol. The molecule has 0 fully saturated rings. The van der Waals surface area contributed by atoms with E-state index < -0.39 is 7.60 Å². The summed E-state index contributed by atoms with van der Waals surface area (Å²) in [6, 6.07) is 7.09. The van der Waals surface area contributed by atoms with Crippen LogP contribution in [0.25, 0.3) is 0 Å². The second-order valence-electron chi connectivity index (χ2n) is 4.04. The molecule has 19 heavy (non-hydrogen) atoms. The van der Waals surface area contributed by atoms with Gasteiger partial charge in [-0.1, -0.05) is 30.3 Å². The highest BCUT2D eigenvalue weighted by atomic mass is 31.2. The van der Waals surface area contributed by atoms with Crippen LogP contribution in [0.3, 0.4) is 0 Å². The lowest BCUT2D eigenvalue weighted by Gasteiger charge is -2.15. The lowest BCUT2D eigenvalue weighted by atomic mass is 10.0. The highest BCUT2D eigenvalue weighted by Crippen LogP contribution is 2.50. The molecule has 0 N–H and O–H groups in total. The third-order valence-electron chi connectivity index (χ3n) is 2.81. The van der Waals surface area contributed by atoms with Crippen LogP contribution in [-0.2, 0) is 19.8 Å². The molecule has 1 rings (SSSR count). The van der Waals surface area contributed by atoms with E-state index in [9.17, 15) is 9.36 Å². The van der Waals surface area contributed by atoms with Gasteiger partial charge in [-0.15, -0.1) is 6.58 Å². The standard InChI is InChI=1S/C14H19O4P/c1-4-5-10-14(15)13-9-7-6-8-12(13)11-19(16,17-2)18-3/h4,6-9H,1,5,10-11H2,2-3H3. The van der Waals surface area contributed by atoms with Crippen LogP contribution in [0.5, 0.6) is 0 Å². The van der Waals surface area contributed by atoms with E-state index >= 15 is 0 Å². The van der Waals surface area contributed by atoms with Crippen molar-refractivity contribution in [1.29, 1.82) is 0 Å². The van der Waals surface area contributed by atoms with Crippen LogP contribution in [-0.4, -0.2) is 20.0 Å². The molecule has 0 saturated carbocycles. The summed E-state index contributed by atoms with van der Waals surface area (Å²) in [5, 5.41) is 0. The van der Waals surface area contributed by atoms with Crippen LogP contribution < -0.4 is 0 Å². The number of benzene rings is 1. The van der Waals surface area contributed by atoms with Crippen LogP contribution in [0.1, 0.15) is 28.8 Å². The van der Waals surface area contributed by atoms with Crippen LogP contribution in [0, 0.1) is 0 Å². The molecule has 0 aromatic heterocycles. The zero-order valence-corrected chi connectivity index (χ0v) is 12.2. The summed E-state index contributed by atoms with van der Waals surface area (Å²) in [7, 11) is -0.489. The van der Waals surface area contributed by atoms with Crippen molar-refractivity contribution in [3.05, 3.63) is 48.0 Å². The molecule has 0 heterocycles. The van der Waals surface area contributed by atoms with Crippen molar-refractivity contribution >= 4 is 13.4 Å². The third kappa shape index (κ3) is 4.43. The van der Waals surface area contributed by atoms with E-state index in [1.807, 2.05) is 0 Å². The highest BCUT2D eigenvalue weighted by molar-refractivity contribution is 7.52. The van der Waals surface area contributed by atoms with Crippen molar-refractivity contribution in [2.45, 2.75) is 19.0 Å². The Morgan fingerprint density at radius 2 is 1.95 bits per heavy atom. The van der Waals surface area contributed by atoms with E-state index in [0.717, 1.165) is 0 Å². The summed E-state index contributed by atoms with van der Waals surface area (Å²) in [6.07, 6.45) is 2.82. The fourth-order valence-corrected chi connectivity index (χ4v) is 2.81. The van der Waals surface area contributed by atoms with Crippen LogP contribution in [0.15, 0.2) is 36.9 Å². The summed E-state index contributed by atoms with van der Waals surface area (Å²) in [5.41, 5.74) is 1.25. The third-order valence-corrected chi connectivity index (χ3v) is 4.65. The normalized spacial score (nSPS) is 11.3. The Hall–Kier alpha value is -1.22. The maximum atomic E-state index is 12.1. The first-order valence-electron chi connectivity index (χ1n) is 5.99. The zero-order chi connectivity index (χ0) is 14.3. The molecule has 0 bridgehead atoms. The molecule has 0 radical (unpaired) electrons. The van der Waals surface area contributed by atoms with E-state index in [2.05, 4.69) is 6.58 Å². The topological polar surface area (TPSA) is 52.6 Å². The average Bonchev–Trinajstić information content (AvgIpc) is 2.45. The monoisotopic (exact) mass is 282 g/mol. The number of carbonyl (C=O) groups excluding carboxylic acids is 1. The maximum absolute atomic E-state index is 12.1. The van der Waals surface area contributed by atoms with Gasteiger partial charge in [-0.25, -0.2) is 0 Å². The van der Waals surface area contributed by atoms with Crippen LogP contribution in [0.2, 0.25) is 0 Å². The summed E-state index contributed by atoms with van der Waals surface area (Å²) < 4.78 is 22.0. The molecular weight excluding hydrogens is 263 g/mol. The Morgan fingerprint density at radius 1 is 1.32 bits per heavy atom. The molecule has 1 aromatic carbocycles. The molecule has 0 atom stereocenters. The fraction of sp³-hybridized carbons (Fsp3) is 0.357. The number of ketones is 1. The first-order valence-corrected chi connectivity index (χ1v) is 7.71. The number of carbonyl (C=O) groups is 1. The van der Waals surface area contributed by atoms with Crippen LogP contribution >= 0.6 is 7.60 Å². The van der Waals surface area contributed by atoms with Crippen molar-refractivity contribution < 1.29 is 18.4 Å². The Labute approximate surface area is 114 Å². The van der Waals surface area contributed by atoms with Crippen molar-refractivity contribution in [1.82, 2.24) is 0 Å². The Morgan fingerprint density at radius 3 is 2.53 bits per heavy atom. The van der Waals surface area contributed by atoms with Gasteiger partial charge in [0.05, 0.1) is 6.16 Å². The molecule has 1 aromatic rings. The number of rotatable bonds is 8. The number of hydrogen-bond acceptors (Lipinski definition) is 4. The molecule has 4 nitrogen and oxygen atoms in total. The Balaban J connectivity index is 2.99. The van der Waals surface area contributed by atoms with E-state index in [1.165, 1.54) is 14.2 Å². The van der Waals surface area contributed by atoms with Gasteiger partial charge in [0.15, 0.2) is 5.78 Å². The van der Waals surface area contributed by atoms with Gasteiger partial charge in [0, 0.05) is 26.2 Å². The number of Topliss-reactive ketones (excluding diaryl/α,β-unsaturated/α-hetero) is 1. The Bertz CT molecular complexity index is 488. The summed E-state index contributed by atoms with van der Waals surface area (Å²) in [5.74, 6) is 0.00857. The highest BCUT2D eigenvalue weighted by Gasteiger charge is 2.24. The maximum Gasteiger partial charge on any atom is 0.334 e. The number of allylic oxidation sites excluding steroid dienone is 1. The minimum atomic E-state index is -3.17. The minimum Gasteiger partial charge on any atom is -0.312 e. The summed E-state index contributed by atoms with van der Waals surface area (Å²) in [4.78, 5) is 12.1. The zero-order valence-electron chi connectivity index (χ0n) is 11.3. The molecule has 0 aliphatic heterocycles. The quantitative estimate of drug-likeness (QED) is 0.413. The predicted octanol–water partition coefficient (Wildman–Crippen LogP) is 3.82. The van der Waals surface area contributed by atoms with E-state index in [0.29, 0.717) is 24.0 Å². The van der Waals surface area contributed by atoms with Gasteiger partial charge in [-0.05, 0) is 12.0 Å². The van der Waals surface area contributed by atoms with E-state index in [1.54, 1.807) is 30.3 Å². The lowest BCUT2D eigenvalue weighted by Crippen LogP contribution is -2.04. The van der Waals surface area contributed by atoms with Gasteiger partial charge in [0.1, 0.15) is 0 Å². The van der Waals surface area contributed by atoms with Gasteiger partial charge in [-0.2, -0.15) is 0 Å². The molecule has 5 heteroatoms. The molecule has 0 aliphatic carbocycles. The molecule has 0 amide bonds. The van der Waals surface area contributed by atoms with E-state index in [-0.39, 0.29) is 11.9 Å². The SMILES string of the molecule is C=CCCC(=O)c1ccccc1CP(=O)(OC)OC. The van der Waals surface area contributed by atoms with Crippen molar-refractivity contribution in [3.8, 4) is 0 Å². The fourth-order valence-electron chi connectivity index (χ4n) is 1.71. The van der Waals surface area contributed by atoms with Gasteiger partial charge in [0.25, 0.3) is 0 Å². The van der Waals surface area contributed by atoms with Crippen molar-refractivity contribution in [3.63, 3.8) is 0 Å². The second-order valence-corrected chi connectivity index (χ2v) is 6.31. The predicted molar refractivity (Wildman–Crippen MR) is 75.5 cm³/mol. The van der Waals surface area contributed by atoms with Gasteiger partial charge >= 0.3 is 7.60 Å². The van der Waals surface area contributed by atoms with E-state index in [4.69, 9.17) is 9.05 Å². The number of hydrogen-bond donors (Lipinski definition) is 0. The van der Waals surface area contributed by atoms with Crippen molar-refractivity contribution in [2.75, 3.05) is 14.2 Å². The van der Waals surface area contributed by atoms with Gasteiger partial charge in [0.2, 0.25) is 0 Å². The second kappa shape index (κ2) is 7.39. The first-order chi connectivity index (χ1) is 9.06. The van der Waals surface area contributed by atoms with Crippen molar-refractivity contribution in [2.24, 2.45) is 0 Å².